The smallest absolute Gasteiger partial charge is 0.231 e. The minimum Gasteiger partial charge on any atom is -0.409 e. The first-order chi connectivity index (χ1) is 8.70. The van der Waals surface area contributed by atoms with Crippen LogP contribution in [0.25, 0.3) is 0 Å². The Kier molecular flexibility index (Phi) is 3.82. The number of carbonyl (C=O) groups is 1. The van der Waals surface area contributed by atoms with E-state index in [1.807, 2.05) is 30.3 Å². The molecule has 1 aliphatic rings. The number of nitrogens with one attached hydrogen (secondary N) is 1. The summed E-state index contributed by atoms with van der Waals surface area (Å²) in [5, 5.41) is 14.6. The average Bonchev–Trinajstić information content (AvgIpc) is 3.20. The van der Waals surface area contributed by atoms with E-state index in [0.29, 0.717) is 6.42 Å². The molecule has 2 rings (SSSR count). The van der Waals surface area contributed by atoms with Crippen LogP contribution in [0.1, 0.15) is 18.4 Å². The van der Waals surface area contributed by atoms with E-state index in [1.54, 1.807) is 0 Å². The molecule has 0 spiro atoms. The van der Waals surface area contributed by atoms with Crippen LogP contribution in [0.15, 0.2) is 35.5 Å². The summed E-state index contributed by atoms with van der Waals surface area (Å²) in [5.41, 5.74) is 6.59. The van der Waals surface area contributed by atoms with Gasteiger partial charge in [-0.15, -0.1) is 0 Å². The molecule has 0 saturated heterocycles. The second kappa shape index (κ2) is 5.53. The quantitative estimate of drug-likeness (QED) is 0.312. The van der Waals surface area contributed by atoms with Crippen molar-refractivity contribution in [3.05, 3.63) is 35.9 Å². The van der Waals surface area contributed by atoms with Gasteiger partial charge in [0.2, 0.25) is 5.91 Å². The average molecular weight is 247 g/mol. The van der Waals surface area contributed by atoms with Crippen LogP contribution in [0.4, 0.5) is 0 Å². The van der Waals surface area contributed by atoms with E-state index >= 15 is 0 Å². The Morgan fingerprint density at radius 2 is 2.11 bits per heavy atom. The van der Waals surface area contributed by atoms with Crippen LogP contribution in [0.2, 0.25) is 0 Å². The zero-order valence-electron chi connectivity index (χ0n) is 10.0. The van der Waals surface area contributed by atoms with Gasteiger partial charge in [-0.05, 0) is 24.8 Å². The van der Waals surface area contributed by atoms with Crippen molar-refractivity contribution >= 4 is 11.7 Å². The zero-order valence-corrected chi connectivity index (χ0v) is 10.0. The molecule has 0 bridgehead atoms. The molecule has 0 heterocycles. The number of hydrogen-bond donors (Lipinski definition) is 3. The lowest BCUT2D eigenvalue weighted by molar-refractivity contribution is -0.123. The molecular weight excluding hydrogens is 230 g/mol. The number of carbonyl (C=O) groups excluding carboxylic acids is 1. The Morgan fingerprint density at radius 3 is 2.67 bits per heavy atom. The van der Waals surface area contributed by atoms with Gasteiger partial charge in [0.1, 0.15) is 5.92 Å². The molecule has 5 heteroatoms. The lowest BCUT2D eigenvalue weighted by Crippen LogP contribution is -2.41. The topological polar surface area (TPSA) is 87.7 Å². The van der Waals surface area contributed by atoms with Crippen LogP contribution in [0, 0.1) is 5.92 Å². The van der Waals surface area contributed by atoms with E-state index in [-0.39, 0.29) is 17.8 Å². The largest absolute Gasteiger partial charge is 0.409 e. The van der Waals surface area contributed by atoms with Crippen LogP contribution in [-0.2, 0) is 11.2 Å². The van der Waals surface area contributed by atoms with Gasteiger partial charge in [0.25, 0.3) is 0 Å². The first kappa shape index (κ1) is 12.4. The third-order valence-corrected chi connectivity index (χ3v) is 3.00. The first-order valence-electron chi connectivity index (χ1n) is 6.02. The molecular formula is C13H17N3O2. The van der Waals surface area contributed by atoms with Gasteiger partial charge in [-0.2, -0.15) is 0 Å². The highest BCUT2D eigenvalue weighted by Gasteiger charge is 2.29. The van der Waals surface area contributed by atoms with Crippen LogP contribution >= 0.6 is 0 Å². The first-order valence-corrected chi connectivity index (χ1v) is 6.02. The number of benzene rings is 1. The summed E-state index contributed by atoms with van der Waals surface area (Å²) in [7, 11) is 0. The van der Waals surface area contributed by atoms with Crippen molar-refractivity contribution in [1.29, 1.82) is 0 Å². The molecule has 1 saturated carbocycles. The van der Waals surface area contributed by atoms with Gasteiger partial charge >= 0.3 is 0 Å². The van der Waals surface area contributed by atoms with Crippen molar-refractivity contribution in [2.75, 3.05) is 0 Å². The Balaban J connectivity index is 2.07. The zero-order chi connectivity index (χ0) is 13.0. The fourth-order valence-corrected chi connectivity index (χ4v) is 1.78. The van der Waals surface area contributed by atoms with Gasteiger partial charge in [0, 0.05) is 6.04 Å². The van der Waals surface area contributed by atoms with Crippen molar-refractivity contribution in [1.82, 2.24) is 5.32 Å². The number of amides is 1. The number of amidine groups is 1. The third kappa shape index (κ3) is 3.23. The molecule has 0 aromatic heterocycles. The number of oxime groups is 1. The molecule has 1 fully saturated rings. The highest BCUT2D eigenvalue weighted by Crippen LogP contribution is 2.20. The van der Waals surface area contributed by atoms with E-state index in [4.69, 9.17) is 10.9 Å². The second-order valence-corrected chi connectivity index (χ2v) is 4.55. The number of nitrogens with two attached hydrogens (primary N) is 1. The molecule has 1 amide bonds. The second-order valence-electron chi connectivity index (χ2n) is 4.55. The van der Waals surface area contributed by atoms with Crippen LogP contribution in [0.5, 0.6) is 0 Å². The lowest BCUT2D eigenvalue weighted by Gasteiger charge is -2.15. The summed E-state index contributed by atoms with van der Waals surface area (Å²) in [6.07, 6.45) is 2.47. The standard InChI is InChI=1S/C13H17N3O2/c14-12(16-18)11(13(17)15-10-6-7-10)8-9-4-2-1-3-5-9/h1-5,10-11,18H,6-8H2,(H2,14,16)(H,15,17). The summed E-state index contributed by atoms with van der Waals surface area (Å²) in [6, 6.07) is 9.81. The molecule has 1 aliphatic carbocycles. The fraction of sp³-hybridized carbons (Fsp3) is 0.385. The molecule has 1 atom stereocenters. The Bertz CT molecular complexity index is 441. The van der Waals surface area contributed by atoms with Gasteiger partial charge < -0.3 is 16.3 Å². The van der Waals surface area contributed by atoms with Crippen molar-refractivity contribution in [2.24, 2.45) is 16.8 Å². The van der Waals surface area contributed by atoms with E-state index in [0.717, 1.165) is 18.4 Å². The number of hydrogen-bond acceptors (Lipinski definition) is 3. The van der Waals surface area contributed by atoms with E-state index in [9.17, 15) is 4.79 Å². The predicted octanol–water partition coefficient (Wildman–Crippen LogP) is 0.870. The minimum atomic E-state index is -0.613. The molecule has 0 radical (unpaired) electrons. The maximum absolute atomic E-state index is 12.0. The number of rotatable bonds is 5. The summed E-state index contributed by atoms with van der Waals surface area (Å²) in [4.78, 5) is 12.0. The summed E-state index contributed by atoms with van der Waals surface area (Å²) < 4.78 is 0. The van der Waals surface area contributed by atoms with E-state index in [2.05, 4.69) is 10.5 Å². The Labute approximate surface area is 106 Å². The molecule has 1 aromatic rings. The molecule has 0 aliphatic heterocycles. The SMILES string of the molecule is N/C(=N\O)C(Cc1ccccc1)C(=O)NC1CC1. The lowest BCUT2D eigenvalue weighted by atomic mass is 9.97. The van der Waals surface area contributed by atoms with Crippen LogP contribution in [0.3, 0.4) is 0 Å². The summed E-state index contributed by atoms with van der Waals surface area (Å²) >= 11 is 0. The van der Waals surface area contributed by atoms with Gasteiger partial charge in [-0.25, -0.2) is 0 Å². The van der Waals surface area contributed by atoms with Gasteiger partial charge in [0.15, 0.2) is 5.84 Å². The summed E-state index contributed by atoms with van der Waals surface area (Å²) in [6.45, 7) is 0. The van der Waals surface area contributed by atoms with Gasteiger partial charge in [-0.1, -0.05) is 35.5 Å². The van der Waals surface area contributed by atoms with E-state index in [1.165, 1.54) is 0 Å². The van der Waals surface area contributed by atoms with Gasteiger partial charge in [-0.3, -0.25) is 4.79 Å². The van der Waals surface area contributed by atoms with E-state index < -0.39 is 5.92 Å². The molecule has 1 unspecified atom stereocenters. The maximum Gasteiger partial charge on any atom is 0.231 e. The molecule has 18 heavy (non-hydrogen) atoms. The molecule has 96 valence electrons. The van der Waals surface area contributed by atoms with Crippen molar-refractivity contribution in [3.8, 4) is 0 Å². The normalized spacial score (nSPS) is 17.2. The van der Waals surface area contributed by atoms with Crippen molar-refractivity contribution in [2.45, 2.75) is 25.3 Å². The highest BCUT2D eigenvalue weighted by molar-refractivity contribution is 6.02. The fourth-order valence-electron chi connectivity index (χ4n) is 1.78. The minimum absolute atomic E-state index is 0.0444. The molecule has 4 N–H and O–H groups in total. The van der Waals surface area contributed by atoms with Crippen LogP contribution in [-0.4, -0.2) is 23.0 Å². The highest BCUT2D eigenvalue weighted by atomic mass is 16.4. The Hall–Kier alpha value is -2.04. The molecule has 1 aromatic carbocycles. The van der Waals surface area contributed by atoms with Crippen molar-refractivity contribution < 1.29 is 10.0 Å². The monoisotopic (exact) mass is 247 g/mol. The maximum atomic E-state index is 12.0. The third-order valence-electron chi connectivity index (χ3n) is 3.00. The van der Waals surface area contributed by atoms with Crippen molar-refractivity contribution in [3.63, 3.8) is 0 Å². The number of nitrogens with zero attached hydrogens (tertiary/aromatic N) is 1. The van der Waals surface area contributed by atoms with Crippen LogP contribution < -0.4 is 11.1 Å². The predicted molar refractivity (Wildman–Crippen MR) is 68.2 cm³/mol. The van der Waals surface area contributed by atoms with Gasteiger partial charge in [0.05, 0.1) is 0 Å². The Morgan fingerprint density at radius 1 is 1.44 bits per heavy atom. The molecule has 5 nitrogen and oxygen atoms in total. The summed E-state index contributed by atoms with van der Waals surface area (Å²) in [5.74, 6) is -0.827.